The molecule has 0 aromatic carbocycles. The zero-order valence-electron chi connectivity index (χ0n) is 37.2. The molecule has 3 saturated heterocycles. The fourth-order valence-electron chi connectivity index (χ4n) is 7.47. The number of ether oxygens (including phenoxy) is 14. The molecular formula is C40H58O23. The van der Waals surface area contributed by atoms with Crippen molar-refractivity contribution in [3.05, 3.63) is 0 Å². The van der Waals surface area contributed by atoms with Crippen molar-refractivity contribution in [3.63, 3.8) is 0 Å². The van der Waals surface area contributed by atoms with E-state index < -0.39 is 165 Å². The maximum Gasteiger partial charge on any atom is 0.303 e. The molecule has 3 aliphatic rings. The molecule has 3 fully saturated rings. The van der Waals surface area contributed by atoms with Crippen LogP contribution in [0, 0.1) is 11.8 Å². The molecule has 0 aromatic heterocycles. The van der Waals surface area contributed by atoms with E-state index in [4.69, 9.17) is 66.3 Å². The third-order valence-electron chi connectivity index (χ3n) is 9.65. The highest BCUT2D eigenvalue weighted by Gasteiger charge is 2.59. The van der Waals surface area contributed by atoms with Gasteiger partial charge in [-0.3, -0.25) is 43.2 Å². The third kappa shape index (κ3) is 15.4. The number of esters is 9. The van der Waals surface area contributed by atoms with E-state index in [1.807, 2.05) is 13.8 Å². The Morgan fingerprint density at radius 1 is 0.381 bits per heavy atom. The molecule has 3 heterocycles. The summed E-state index contributed by atoms with van der Waals surface area (Å²) < 4.78 is 81.3. The van der Waals surface area contributed by atoms with E-state index in [2.05, 4.69) is 0 Å². The fraction of sp³-hybridized carbons (Fsp3) is 0.775. The summed E-state index contributed by atoms with van der Waals surface area (Å²) >= 11 is 0. The van der Waals surface area contributed by atoms with Gasteiger partial charge in [-0.25, -0.2) is 0 Å². The summed E-state index contributed by atoms with van der Waals surface area (Å²) in [5.74, 6) is -8.45. The van der Waals surface area contributed by atoms with E-state index in [-0.39, 0.29) is 5.92 Å². The molecule has 23 heteroatoms. The summed E-state index contributed by atoms with van der Waals surface area (Å²) in [4.78, 5) is 112. The molecule has 3 aliphatic heterocycles. The van der Waals surface area contributed by atoms with Crippen LogP contribution in [0.2, 0.25) is 0 Å². The molecule has 63 heavy (non-hydrogen) atoms. The topological polar surface area (TPSA) is 283 Å². The van der Waals surface area contributed by atoms with Crippen LogP contribution in [0.3, 0.4) is 0 Å². The zero-order chi connectivity index (χ0) is 47.5. The van der Waals surface area contributed by atoms with Gasteiger partial charge < -0.3 is 66.3 Å². The molecule has 15 atom stereocenters. The van der Waals surface area contributed by atoms with Gasteiger partial charge in [0, 0.05) is 68.2 Å². The van der Waals surface area contributed by atoms with Crippen LogP contribution in [-0.4, -0.2) is 159 Å². The first-order valence-corrected chi connectivity index (χ1v) is 20.1. The minimum Gasteiger partial charge on any atom is -0.463 e. The average molecular weight is 907 g/mol. The van der Waals surface area contributed by atoms with E-state index >= 15 is 0 Å². The van der Waals surface area contributed by atoms with E-state index in [9.17, 15) is 43.2 Å². The Morgan fingerprint density at radius 3 is 1.02 bits per heavy atom. The lowest BCUT2D eigenvalue weighted by Gasteiger charge is -2.51. The van der Waals surface area contributed by atoms with Gasteiger partial charge >= 0.3 is 53.7 Å². The highest BCUT2D eigenvalue weighted by Crippen LogP contribution is 2.39. The van der Waals surface area contributed by atoms with E-state index in [0.29, 0.717) is 0 Å². The van der Waals surface area contributed by atoms with E-state index in [1.165, 1.54) is 13.8 Å². The molecular weight excluding hydrogens is 848 g/mol. The summed E-state index contributed by atoms with van der Waals surface area (Å²) in [7, 11) is 0. The SMILES string of the molecule is CC(=O)OCC1O[C@@H](O[C@H]2C(COC(C)=O)O[C@@H](O[C@H]3C(COC(C)=O)O[C@@H](C(C)C)C(C)[C@H]3OC(C)=O)C(OC(C)=O)[C@H]2OC(C)=O)C(OC(C)=O)[C@@H](OC(C)=O)[C@H]1OC(C)=O. The van der Waals surface area contributed by atoms with Gasteiger partial charge in [0.15, 0.2) is 43.1 Å². The summed E-state index contributed by atoms with van der Waals surface area (Å²) in [6.07, 6.45) is -21.3. The molecule has 0 aromatic rings. The van der Waals surface area contributed by atoms with E-state index in [0.717, 1.165) is 48.5 Å². The van der Waals surface area contributed by atoms with Gasteiger partial charge in [-0.15, -0.1) is 0 Å². The predicted molar refractivity (Wildman–Crippen MR) is 203 cm³/mol. The summed E-state index contributed by atoms with van der Waals surface area (Å²) in [5, 5.41) is 0. The lowest BCUT2D eigenvalue weighted by atomic mass is 9.83. The van der Waals surface area contributed by atoms with Crippen LogP contribution in [0.4, 0.5) is 0 Å². The lowest BCUT2D eigenvalue weighted by molar-refractivity contribution is -0.373. The highest BCUT2D eigenvalue weighted by atomic mass is 16.8. The molecule has 0 bridgehead atoms. The number of hydrogen-bond acceptors (Lipinski definition) is 23. The Hall–Kier alpha value is -4.97. The van der Waals surface area contributed by atoms with Crippen molar-refractivity contribution in [2.24, 2.45) is 11.8 Å². The fourth-order valence-corrected chi connectivity index (χ4v) is 7.47. The molecule has 356 valence electrons. The Bertz CT molecular complexity index is 1660. The quantitative estimate of drug-likeness (QED) is 0.142. The highest BCUT2D eigenvalue weighted by molar-refractivity contribution is 5.70. The molecule has 0 radical (unpaired) electrons. The minimum absolute atomic E-state index is 0.144. The smallest absolute Gasteiger partial charge is 0.303 e. The molecule has 0 N–H and O–H groups in total. The van der Waals surface area contributed by atoms with Crippen molar-refractivity contribution in [2.75, 3.05) is 19.8 Å². The number of carbonyl (C=O) groups is 9. The van der Waals surface area contributed by atoms with Crippen LogP contribution in [-0.2, 0) is 109 Å². The standard InChI is InChI=1S/C40H58O23/c1-16(2)30-17(3)31(53-21(7)44)32(27(59-30)13-50-18(4)41)62-39-38(58-26(12)49)36(56-24(10)47)34(29(61-39)15-52-20(6)43)63-40-37(57-25(11)48)35(55-23(9)46)33(54-22(8)45)28(60-40)14-51-19(5)42/h16-17,27-40H,13-15H2,1-12H3/t17?,27?,28?,29?,30-,31+,32-,33-,34-,35-,36-,37?,38?,39-,40-/m0/s1. The molecule has 3 rings (SSSR count). The van der Waals surface area contributed by atoms with Crippen molar-refractivity contribution < 1.29 is 109 Å². The largest absolute Gasteiger partial charge is 0.463 e. The van der Waals surface area contributed by atoms with Gasteiger partial charge in [0.25, 0.3) is 0 Å². The predicted octanol–water partition coefficient (Wildman–Crippen LogP) is 0.546. The number of rotatable bonds is 17. The van der Waals surface area contributed by atoms with Gasteiger partial charge in [-0.2, -0.15) is 0 Å². The maximum atomic E-state index is 12.9. The first-order chi connectivity index (χ1) is 29.4. The van der Waals surface area contributed by atoms with Gasteiger partial charge in [0.05, 0.1) is 6.10 Å². The van der Waals surface area contributed by atoms with Crippen molar-refractivity contribution in [3.8, 4) is 0 Å². The molecule has 23 nitrogen and oxygen atoms in total. The first kappa shape index (κ1) is 52.4. The van der Waals surface area contributed by atoms with E-state index in [1.54, 1.807) is 6.92 Å². The molecule has 0 aliphatic carbocycles. The maximum absolute atomic E-state index is 12.9. The van der Waals surface area contributed by atoms with Crippen LogP contribution >= 0.6 is 0 Å². The Kier molecular flexibility index (Phi) is 19.7. The molecule has 6 unspecified atom stereocenters. The summed E-state index contributed by atoms with van der Waals surface area (Å²) in [5.41, 5.74) is 0. The van der Waals surface area contributed by atoms with Crippen molar-refractivity contribution in [1.82, 2.24) is 0 Å². The van der Waals surface area contributed by atoms with Crippen LogP contribution in [0.15, 0.2) is 0 Å². The zero-order valence-corrected chi connectivity index (χ0v) is 37.2. The van der Waals surface area contributed by atoms with Crippen molar-refractivity contribution in [2.45, 2.75) is 169 Å². The summed E-state index contributed by atoms with van der Waals surface area (Å²) in [6.45, 7) is 13.3. The lowest BCUT2D eigenvalue weighted by Crippen LogP contribution is -2.68. The second-order valence-corrected chi connectivity index (χ2v) is 15.4. The van der Waals surface area contributed by atoms with Crippen LogP contribution in [0.5, 0.6) is 0 Å². The Morgan fingerprint density at radius 2 is 0.667 bits per heavy atom. The minimum atomic E-state index is -1.91. The second-order valence-electron chi connectivity index (χ2n) is 15.4. The molecule has 0 amide bonds. The molecule has 0 saturated carbocycles. The van der Waals surface area contributed by atoms with Gasteiger partial charge in [-0.05, 0) is 5.92 Å². The molecule has 0 spiro atoms. The van der Waals surface area contributed by atoms with Gasteiger partial charge in [0.2, 0.25) is 0 Å². The average Bonchev–Trinajstić information content (AvgIpc) is 3.14. The Balaban J connectivity index is 2.26. The van der Waals surface area contributed by atoms with Gasteiger partial charge in [0.1, 0.15) is 56.4 Å². The monoisotopic (exact) mass is 906 g/mol. The van der Waals surface area contributed by atoms with Crippen molar-refractivity contribution >= 4 is 53.7 Å². The number of hydrogen-bond donors (Lipinski definition) is 0. The second kappa shape index (κ2) is 23.6. The normalized spacial score (nSPS) is 32.8. The summed E-state index contributed by atoms with van der Waals surface area (Å²) in [6, 6.07) is 0. The Labute approximate surface area is 363 Å². The van der Waals surface area contributed by atoms with Crippen LogP contribution in [0.25, 0.3) is 0 Å². The first-order valence-electron chi connectivity index (χ1n) is 20.1. The third-order valence-corrected chi connectivity index (χ3v) is 9.65. The number of carbonyl (C=O) groups excluding carboxylic acids is 9. The van der Waals surface area contributed by atoms with Crippen LogP contribution in [0.1, 0.15) is 83.1 Å². The van der Waals surface area contributed by atoms with Crippen molar-refractivity contribution in [1.29, 1.82) is 0 Å². The van der Waals surface area contributed by atoms with Crippen LogP contribution < -0.4 is 0 Å². The van der Waals surface area contributed by atoms with Gasteiger partial charge in [-0.1, -0.05) is 20.8 Å².